The molecule has 1 atom stereocenters. The van der Waals surface area contributed by atoms with Gasteiger partial charge in [0.05, 0.1) is 0 Å². The highest BCUT2D eigenvalue weighted by molar-refractivity contribution is 8.10. The predicted molar refractivity (Wildman–Crippen MR) is 108 cm³/mol. The normalized spacial score (nSPS) is 14.1. The van der Waals surface area contributed by atoms with Crippen molar-refractivity contribution in [2.24, 2.45) is 0 Å². The molecule has 4 heteroatoms. The summed E-state index contributed by atoms with van der Waals surface area (Å²) in [5, 5.41) is 3.31. The van der Waals surface area contributed by atoms with Crippen LogP contribution in [0.2, 0.25) is 0 Å². The fourth-order valence-electron chi connectivity index (χ4n) is 2.04. The molecular formula is C18H15ClS3. The van der Waals surface area contributed by atoms with Crippen LogP contribution in [0.5, 0.6) is 0 Å². The van der Waals surface area contributed by atoms with Gasteiger partial charge in [0, 0.05) is 16.7 Å². The zero-order valence-electron chi connectivity index (χ0n) is 11.8. The molecule has 22 heavy (non-hydrogen) atoms. The standard InChI is InChI=1S/C18H15ClS3/c19-18(12-14-21,16-9-5-2-6-10-16)22-17(11-13-20)15-7-3-1-4-8-15/h1-11,13-14H,12H2/b17-11+. The van der Waals surface area contributed by atoms with Crippen molar-refractivity contribution in [2.75, 3.05) is 0 Å². The molecule has 0 fully saturated rings. The maximum atomic E-state index is 6.92. The first-order valence-corrected chi connectivity index (χ1v) is 8.91. The highest BCUT2D eigenvalue weighted by Crippen LogP contribution is 2.49. The highest BCUT2D eigenvalue weighted by Gasteiger charge is 2.31. The van der Waals surface area contributed by atoms with Crippen molar-refractivity contribution in [1.29, 1.82) is 0 Å². The molecule has 0 aromatic heterocycles. The Morgan fingerprint density at radius 3 is 2.14 bits per heavy atom. The zero-order chi connectivity index (χ0) is 15.8. The lowest BCUT2D eigenvalue weighted by atomic mass is 10.1. The van der Waals surface area contributed by atoms with E-state index in [1.165, 1.54) is 0 Å². The van der Waals surface area contributed by atoms with Gasteiger partial charge in [-0.1, -0.05) is 96.9 Å². The van der Waals surface area contributed by atoms with Crippen molar-refractivity contribution in [3.05, 3.63) is 77.9 Å². The Balaban J connectivity index is 2.39. The molecule has 112 valence electrons. The lowest BCUT2D eigenvalue weighted by Crippen LogP contribution is -2.14. The quantitative estimate of drug-likeness (QED) is 0.325. The molecule has 0 saturated carbocycles. The average molecular weight is 363 g/mol. The summed E-state index contributed by atoms with van der Waals surface area (Å²) in [4.78, 5) is 1.03. The monoisotopic (exact) mass is 362 g/mol. The molecule has 0 aliphatic rings. The third kappa shape index (κ3) is 4.50. The van der Waals surface area contributed by atoms with Crippen LogP contribution >= 0.6 is 47.8 Å². The van der Waals surface area contributed by atoms with Crippen LogP contribution < -0.4 is 0 Å². The van der Waals surface area contributed by atoms with Crippen molar-refractivity contribution in [1.82, 2.24) is 0 Å². The Morgan fingerprint density at radius 2 is 1.59 bits per heavy atom. The molecule has 0 saturated heterocycles. The number of allylic oxidation sites excluding steroid dienone is 1. The van der Waals surface area contributed by atoms with E-state index in [1.807, 2.05) is 54.6 Å². The Kier molecular flexibility index (Phi) is 6.77. The molecule has 1 unspecified atom stereocenters. The maximum Gasteiger partial charge on any atom is 0.123 e. The minimum atomic E-state index is -0.636. The van der Waals surface area contributed by atoms with Gasteiger partial charge in [-0.25, -0.2) is 0 Å². The highest BCUT2D eigenvalue weighted by atomic mass is 35.5. The zero-order valence-corrected chi connectivity index (χ0v) is 15.0. The van der Waals surface area contributed by atoms with Crippen LogP contribution in [0.15, 0.2) is 66.7 Å². The van der Waals surface area contributed by atoms with Crippen LogP contribution in [-0.4, -0.2) is 10.7 Å². The topological polar surface area (TPSA) is 0 Å². The number of benzene rings is 2. The van der Waals surface area contributed by atoms with Crippen molar-refractivity contribution in [2.45, 2.75) is 10.6 Å². The van der Waals surface area contributed by atoms with E-state index in [4.69, 9.17) is 36.0 Å². The molecule has 2 aromatic carbocycles. The van der Waals surface area contributed by atoms with Crippen LogP contribution in [0.1, 0.15) is 17.5 Å². The molecule has 2 aromatic rings. The second-order valence-corrected chi connectivity index (χ2v) is 7.42. The second kappa shape index (κ2) is 8.59. The lowest BCUT2D eigenvalue weighted by molar-refractivity contribution is 0.936. The van der Waals surface area contributed by atoms with E-state index < -0.39 is 4.21 Å². The van der Waals surface area contributed by atoms with E-state index >= 15 is 0 Å². The predicted octanol–water partition coefficient (Wildman–Crippen LogP) is 6.24. The lowest BCUT2D eigenvalue weighted by Gasteiger charge is -2.27. The molecule has 0 nitrogen and oxygen atoms in total. The smallest absolute Gasteiger partial charge is 0.101 e. The van der Waals surface area contributed by atoms with Gasteiger partial charge < -0.3 is 0 Å². The fraction of sp³-hybridized carbons (Fsp3) is 0.111. The molecule has 0 spiro atoms. The average Bonchev–Trinajstić information content (AvgIpc) is 2.56. The van der Waals surface area contributed by atoms with Gasteiger partial charge in [0.25, 0.3) is 0 Å². The van der Waals surface area contributed by atoms with Gasteiger partial charge in [0.2, 0.25) is 0 Å². The number of rotatable bonds is 7. The van der Waals surface area contributed by atoms with E-state index in [0.29, 0.717) is 6.42 Å². The Morgan fingerprint density at radius 1 is 1.00 bits per heavy atom. The number of thiocarbonyl (C=S) groups is 2. The van der Waals surface area contributed by atoms with Crippen LogP contribution in [0.4, 0.5) is 0 Å². The summed E-state index contributed by atoms with van der Waals surface area (Å²) in [5.41, 5.74) is 2.13. The van der Waals surface area contributed by atoms with Crippen molar-refractivity contribution >= 4 is 63.4 Å². The molecule has 0 radical (unpaired) electrons. The van der Waals surface area contributed by atoms with Gasteiger partial charge in [-0.05, 0) is 22.6 Å². The van der Waals surface area contributed by atoms with Gasteiger partial charge in [0.15, 0.2) is 0 Å². The maximum absolute atomic E-state index is 6.92. The molecule has 0 aliphatic carbocycles. The van der Waals surface area contributed by atoms with Gasteiger partial charge in [0.1, 0.15) is 4.21 Å². The van der Waals surface area contributed by atoms with Gasteiger partial charge >= 0.3 is 0 Å². The number of hydrogen-bond acceptors (Lipinski definition) is 3. The number of thioether (sulfide) groups is 1. The summed E-state index contributed by atoms with van der Waals surface area (Å²) in [5.74, 6) is 0. The van der Waals surface area contributed by atoms with E-state index in [0.717, 1.165) is 16.0 Å². The number of alkyl halides is 1. The van der Waals surface area contributed by atoms with Crippen LogP contribution in [0, 0.1) is 0 Å². The summed E-state index contributed by atoms with van der Waals surface area (Å²) in [6.07, 6.45) is 2.50. The van der Waals surface area contributed by atoms with Crippen LogP contribution in [-0.2, 0) is 4.21 Å². The SMILES string of the molecule is S=C/C=C(/SC(Cl)(CC=S)c1ccccc1)c1ccccc1. The summed E-state index contributed by atoms with van der Waals surface area (Å²) < 4.78 is -0.636. The Hall–Kier alpha value is -1.00. The summed E-state index contributed by atoms with van der Waals surface area (Å²) in [6, 6.07) is 20.1. The first kappa shape index (κ1) is 17.4. The van der Waals surface area contributed by atoms with Crippen LogP contribution in [0.25, 0.3) is 4.91 Å². The van der Waals surface area contributed by atoms with Gasteiger partial charge in [-0.3, -0.25) is 0 Å². The minimum absolute atomic E-state index is 0.584. The second-order valence-electron chi connectivity index (χ2n) is 4.60. The Labute approximate surface area is 151 Å². The van der Waals surface area contributed by atoms with Gasteiger partial charge in [-0.15, -0.1) is 11.6 Å². The molecule has 2 rings (SSSR count). The largest absolute Gasteiger partial charge is 0.123 e. The van der Waals surface area contributed by atoms with Gasteiger partial charge in [-0.2, -0.15) is 0 Å². The summed E-state index contributed by atoms with van der Waals surface area (Å²) in [6.45, 7) is 0. The third-order valence-corrected chi connectivity index (χ3v) is 5.32. The van der Waals surface area contributed by atoms with E-state index in [-0.39, 0.29) is 0 Å². The molecule has 0 bridgehead atoms. The molecular weight excluding hydrogens is 348 g/mol. The van der Waals surface area contributed by atoms with E-state index in [1.54, 1.807) is 22.5 Å². The third-order valence-electron chi connectivity index (χ3n) is 3.10. The van der Waals surface area contributed by atoms with E-state index in [9.17, 15) is 0 Å². The van der Waals surface area contributed by atoms with Crippen LogP contribution in [0.3, 0.4) is 0 Å². The first-order valence-electron chi connectivity index (χ1n) is 6.77. The minimum Gasteiger partial charge on any atom is -0.101 e. The van der Waals surface area contributed by atoms with Crippen molar-refractivity contribution in [3.8, 4) is 0 Å². The number of hydrogen-bond donors (Lipinski definition) is 0. The number of halogens is 1. The molecule has 0 amide bonds. The first-order chi connectivity index (χ1) is 10.7. The summed E-state index contributed by atoms with van der Waals surface area (Å²) >= 11 is 18.6. The van der Waals surface area contributed by atoms with Crippen molar-refractivity contribution in [3.63, 3.8) is 0 Å². The summed E-state index contributed by atoms with van der Waals surface area (Å²) in [7, 11) is 0. The molecule has 0 heterocycles. The molecule has 0 N–H and O–H groups in total. The van der Waals surface area contributed by atoms with Crippen molar-refractivity contribution < 1.29 is 0 Å². The Bertz CT molecular complexity index is 653. The molecule has 0 aliphatic heterocycles. The fourth-order valence-corrected chi connectivity index (χ4v) is 4.32. The van der Waals surface area contributed by atoms with E-state index in [2.05, 4.69) is 12.1 Å².